The Labute approximate surface area is 131 Å². The van der Waals surface area contributed by atoms with Crippen LogP contribution in [0.3, 0.4) is 0 Å². The van der Waals surface area contributed by atoms with Crippen molar-refractivity contribution in [3.05, 3.63) is 71.3 Å². The van der Waals surface area contributed by atoms with Gasteiger partial charge in [-0.05, 0) is 30.3 Å². The third kappa shape index (κ3) is 3.93. The average Bonchev–Trinajstić information content (AvgIpc) is 2.56. The van der Waals surface area contributed by atoms with Crippen molar-refractivity contribution in [2.75, 3.05) is 20.7 Å². The Morgan fingerprint density at radius 3 is 2.32 bits per heavy atom. The lowest BCUT2D eigenvalue weighted by Crippen LogP contribution is -2.30. The van der Waals surface area contributed by atoms with Gasteiger partial charge in [0, 0.05) is 19.1 Å². The molecule has 22 heavy (non-hydrogen) atoms. The number of nitrogens with zero attached hydrogens (tertiary/aromatic N) is 1. The number of rotatable bonds is 6. The van der Waals surface area contributed by atoms with Crippen LogP contribution >= 0.6 is 0 Å². The maximum atomic E-state index is 11.5. The second-order valence-electron chi connectivity index (χ2n) is 5.27. The number of nitrogens with two attached hydrogens (primary N) is 1. The van der Waals surface area contributed by atoms with Crippen molar-refractivity contribution in [2.24, 2.45) is 5.73 Å². The lowest BCUT2D eigenvalue weighted by atomic mass is 10.0. The molecule has 0 aromatic heterocycles. The minimum atomic E-state index is -0.325. The molecule has 2 aromatic rings. The Morgan fingerprint density at radius 2 is 1.77 bits per heavy atom. The van der Waals surface area contributed by atoms with E-state index in [1.807, 2.05) is 30.3 Å². The van der Waals surface area contributed by atoms with Crippen LogP contribution in [0.25, 0.3) is 0 Å². The molecule has 0 aliphatic carbocycles. The van der Waals surface area contributed by atoms with E-state index in [4.69, 9.17) is 10.5 Å². The van der Waals surface area contributed by atoms with Gasteiger partial charge in [0.2, 0.25) is 0 Å². The van der Waals surface area contributed by atoms with E-state index in [1.165, 1.54) is 12.7 Å². The van der Waals surface area contributed by atoms with Crippen molar-refractivity contribution in [2.45, 2.75) is 12.6 Å². The molecule has 2 rings (SSSR count). The molecule has 4 nitrogen and oxygen atoms in total. The van der Waals surface area contributed by atoms with Gasteiger partial charge in [-0.1, -0.05) is 42.5 Å². The summed E-state index contributed by atoms with van der Waals surface area (Å²) in [4.78, 5) is 13.7. The minimum Gasteiger partial charge on any atom is -0.465 e. The summed E-state index contributed by atoms with van der Waals surface area (Å²) in [6.45, 7) is 1.34. The highest BCUT2D eigenvalue weighted by Gasteiger charge is 2.16. The predicted molar refractivity (Wildman–Crippen MR) is 87.5 cm³/mol. The van der Waals surface area contributed by atoms with Crippen LogP contribution in [0.15, 0.2) is 54.6 Å². The molecule has 1 unspecified atom stereocenters. The summed E-state index contributed by atoms with van der Waals surface area (Å²) in [5, 5.41) is 0. The lowest BCUT2D eigenvalue weighted by Gasteiger charge is -2.27. The fourth-order valence-electron chi connectivity index (χ4n) is 2.51. The topological polar surface area (TPSA) is 55.6 Å². The van der Waals surface area contributed by atoms with Crippen LogP contribution in [0, 0.1) is 0 Å². The Balaban J connectivity index is 2.11. The van der Waals surface area contributed by atoms with Gasteiger partial charge >= 0.3 is 5.97 Å². The van der Waals surface area contributed by atoms with Gasteiger partial charge in [-0.3, -0.25) is 4.90 Å². The first kappa shape index (κ1) is 16.2. The molecule has 0 radical (unpaired) electrons. The fourth-order valence-corrected chi connectivity index (χ4v) is 2.51. The summed E-state index contributed by atoms with van der Waals surface area (Å²) in [7, 11) is 3.44. The van der Waals surface area contributed by atoms with E-state index in [9.17, 15) is 4.79 Å². The molecule has 2 aromatic carbocycles. The molecule has 0 aliphatic rings. The quantitative estimate of drug-likeness (QED) is 0.833. The molecule has 0 heterocycles. The predicted octanol–water partition coefficient (Wildman–Crippen LogP) is 2.61. The summed E-state index contributed by atoms with van der Waals surface area (Å²) < 4.78 is 4.72. The number of benzene rings is 2. The van der Waals surface area contributed by atoms with Gasteiger partial charge < -0.3 is 10.5 Å². The highest BCUT2D eigenvalue weighted by molar-refractivity contribution is 5.89. The Kier molecular flexibility index (Phi) is 5.69. The van der Waals surface area contributed by atoms with Crippen molar-refractivity contribution in [1.82, 2.24) is 4.90 Å². The highest BCUT2D eigenvalue weighted by Crippen LogP contribution is 2.21. The third-order valence-corrected chi connectivity index (χ3v) is 3.75. The molecular weight excluding hydrogens is 276 g/mol. The highest BCUT2D eigenvalue weighted by atomic mass is 16.5. The van der Waals surface area contributed by atoms with E-state index >= 15 is 0 Å². The molecule has 0 amide bonds. The molecule has 1 atom stereocenters. The lowest BCUT2D eigenvalue weighted by molar-refractivity contribution is 0.0600. The van der Waals surface area contributed by atoms with Crippen molar-refractivity contribution in [3.63, 3.8) is 0 Å². The van der Waals surface area contributed by atoms with Crippen molar-refractivity contribution < 1.29 is 9.53 Å². The molecule has 0 bridgehead atoms. The first-order valence-electron chi connectivity index (χ1n) is 7.28. The van der Waals surface area contributed by atoms with E-state index < -0.39 is 0 Å². The van der Waals surface area contributed by atoms with Crippen molar-refractivity contribution >= 4 is 5.97 Å². The Hall–Kier alpha value is -2.17. The standard InChI is InChI=1S/C18H22N2O2/c1-20(13-14-6-4-3-5-7-14)17(12-19)15-8-10-16(11-9-15)18(21)22-2/h3-11,17H,12-13,19H2,1-2H3. The number of hydrogen-bond acceptors (Lipinski definition) is 4. The summed E-state index contributed by atoms with van der Waals surface area (Å²) >= 11 is 0. The van der Waals surface area contributed by atoms with E-state index in [0.717, 1.165) is 12.1 Å². The van der Waals surface area contributed by atoms with E-state index in [-0.39, 0.29) is 12.0 Å². The van der Waals surface area contributed by atoms with Crippen LogP contribution in [0.4, 0.5) is 0 Å². The molecule has 0 fully saturated rings. The van der Waals surface area contributed by atoms with E-state index in [1.54, 1.807) is 12.1 Å². The minimum absolute atomic E-state index is 0.104. The molecule has 0 aliphatic heterocycles. The molecule has 0 saturated heterocycles. The summed E-state index contributed by atoms with van der Waals surface area (Å²) in [5.74, 6) is -0.325. The van der Waals surface area contributed by atoms with Gasteiger partial charge in [-0.2, -0.15) is 0 Å². The van der Waals surface area contributed by atoms with Crippen LogP contribution in [0.1, 0.15) is 27.5 Å². The maximum Gasteiger partial charge on any atom is 0.337 e. The number of methoxy groups -OCH3 is 1. The number of likely N-dealkylation sites (N-methyl/N-ethyl adjacent to an activating group) is 1. The second kappa shape index (κ2) is 7.73. The number of esters is 1. The van der Waals surface area contributed by atoms with Crippen LogP contribution < -0.4 is 5.73 Å². The zero-order valence-corrected chi connectivity index (χ0v) is 13.0. The van der Waals surface area contributed by atoms with Gasteiger partial charge in [0.1, 0.15) is 0 Å². The smallest absolute Gasteiger partial charge is 0.337 e. The summed E-state index contributed by atoms with van der Waals surface area (Å²) in [6, 6.07) is 17.8. The largest absolute Gasteiger partial charge is 0.465 e. The van der Waals surface area contributed by atoms with Gasteiger partial charge in [-0.25, -0.2) is 4.79 Å². The van der Waals surface area contributed by atoms with Gasteiger partial charge in [0.25, 0.3) is 0 Å². The number of ether oxygens (including phenoxy) is 1. The van der Waals surface area contributed by atoms with Crippen LogP contribution in [-0.2, 0) is 11.3 Å². The monoisotopic (exact) mass is 298 g/mol. The summed E-state index contributed by atoms with van der Waals surface area (Å²) in [5.41, 5.74) is 8.84. The second-order valence-corrected chi connectivity index (χ2v) is 5.27. The Morgan fingerprint density at radius 1 is 1.14 bits per heavy atom. The first-order chi connectivity index (χ1) is 10.7. The van der Waals surface area contributed by atoms with Crippen molar-refractivity contribution in [3.8, 4) is 0 Å². The molecular formula is C18H22N2O2. The number of carbonyl (C=O) groups is 1. The van der Waals surface area contributed by atoms with Gasteiger partial charge in [-0.15, -0.1) is 0 Å². The molecule has 116 valence electrons. The molecule has 0 spiro atoms. The molecule has 0 saturated carbocycles. The first-order valence-corrected chi connectivity index (χ1v) is 7.28. The maximum absolute atomic E-state index is 11.5. The summed E-state index contributed by atoms with van der Waals surface area (Å²) in [6.07, 6.45) is 0. The third-order valence-electron chi connectivity index (χ3n) is 3.75. The molecule has 4 heteroatoms. The number of carbonyl (C=O) groups excluding carboxylic acids is 1. The van der Waals surface area contributed by atoms with Crippen molar-refractivity contribution in [1.29, 1.82) is 0 Å². The van der Waals surface area contributed by atoms with E-state index in [0.29, 0.717) is 12.1 Å². The normalized spacial score (nSPS) is 12.2. The Bertz CT molecular complexity index is 596. The van der Waals surface area contributed by atoms with Crippen LogP contribution in [-0.4, -0.2) is 31.6 Å². The van der Waals surface area contributed by atoms with Gasteiger partial charge in [0.05, 0.1) is 12.7 Å². The molecule has 2 N–H and O–H groups in total. The van der Waals surface area contributed by atoms with Crippen LogP contribution in [0.2, 0.25) is 0 Å². The number of hydrogen-bond donors (Lipinski definition) is 1. The zero-order chi connectivity index (χ0) is 15.9. The average molecular weight is 298 g/mol. The zero-order valence-electron chi connectivity index (χ0n) is 13.0. The van der Waals surface area contributed by atoms with Gasteiger partial charge in [0.15, 0.2) is 0 Å². The van der Waals surface area contributed by atoms with E-state index in [2.05, 4.69) is 24.1 Å². The fraction of sp³-hybridized carbons (Fsp3) is 0.278. The van der Waals surface area contributed by atoms with Crippen LogP contribution in [0.5, 0.6) is 0 Å². The SMILES string of the molecule is COC(=O)c1ccc(C(CN)N(C)Cc2ccccc2)cc1.